The summed E-state index contributed by atoms with van der Waals surface area (Å²) in [4.78, 5) is 18.6. The Morgan fingerprint density at radius 1 is 1.15 bits per heavy atom. The molecule has 1 aromatic carbocycles. The molecule has 0 amide bonds. The van der Waals surface area contributed by atoms with E-state index < -0.39 is 0 Å². The van der Waals surface area contributed by atoms with Gasteiger partial charge in [0.15, 0.2) is 5.11 Å². The second-order valence-corrected chi connectivity index (χ2v) is 9.27. The van der Waals surface area contributed by atoms with Gasteiger partial charge in [-0.15, -0.1) is 0 Å². The number of benzene rings is 1. The van der Waals surface area contributed by atoms with Crippen LogP contribution >= 0.6 is 12.2 Å². The molecule has 178 valence electrons. The number of pyridine rings is 1. The lowest BCUT2D eigenvalue weighted by molar-refractivity contribution is -0.140. The fourth-order valence-corrected chi connectivity index (χ4v) is 5.25. The van der Waals surface area contributed by atoms with Gasteiger partial charge in [0.05, 0.1) is 24.9 Å². The first kappa shape index (κ1) is 24.0. The number of thiocarbonyl (C=S) groups is 1. The molecule has 1 N–H and O–H groups in total. The van der Waals surface area contributed by atoms with E-state index in [0.29, 0.717) is 24.5 Å². The molecule has 3 aromatic rings. The van der Waals surface area contributed by atoms with Crippen molar-refractivity contribution in [2.75, 3.05) is 13.7 Å². The predicted octanol–water partition coefficient (Wildman–Crippen LogP) is 5.03. The Kier molecular flexibility index (Phi) is 7.03. The summed E-state index contributed by atoms with van der Waals surface area (Å²) in [7, 11) is 1.42. The van der Waals surface area contributed by atoms with Gasteiger partial charge in [-0.1, -0.05) is 18.2 Å². The molecule has 1 aliphatic rings. The number of aromatic nitrogens is 2. The van der Waals surface area contributed by atoms with Gasteiger partial charge in [-0.3, -0.25) is 9.78 Å². The zero-order chi connectivity index (χ0) is 24.4. The van der Waals surface area contributed by atoms with Crippen LogP contribution in [-0.2, 0) is 9.53 Å². The van der Waals surface area contributed by atoms with Crippen LogP contribution in [0.4, 0.5) is 0 Å². The highest BCUT2D eigenvalue weighted by molar-refractivity contribution is 7.80. The number of carbonyl (C=O) groups is 1. The molecular weight excluding hydrogens is 444 g/mol. The number of methoxy groups -OCH3 is 1. The molecule has 0 aliphatic carbocycles. The molecule has 1 aliphatic heterocycles. The van der Waals surface area contributed by atoms with Crippen molar-refractivity contribution in [1.82, 2.24) is 19.8 Å². The number of hydrogen-bond donors (Lipinski definition) is 1. The second kappa shape index (κ2) is 9.97. The van der Waals surface area contributed by atoms with E-state index in [4.69, 9.17) is 17.0 Å². The Morgan fingerprint density at radius 3 is 2.65 bits per heavy atom. The molecule has 0 spiro atoms. The minimum atomic E-state index is -0.205. The van der Waals surface area contributed by atoms with E-state index in [-0.39, 0.29) is 18.1 Å². The van der Waals surface area contributed by atoms with Crippen LogP contribution in [0.1, 0.15) is 58.7 Å². The van der Waals surface area contributed by atoms with E-state index in [1.807, 2.05) is 24.4 Å². The standard InChI is InChI=1S/C27H32N4O2S/c1-17-10-8-12-23(19(17)3)31-18(2)16-21(20(31)4)26-25(22-11-6-7-14-28-22)29-27(34)30(26)15-9-13-24(32)33-5/h6-8,10-12,14,16,25-26H,9,13,15H2,1-5H3,(H,29,34)/t25-,26+/m0/s1. The number of ether oxygens (including phenoxy) is 1. The van der Waals surface area contributed by atoms with Gasteiger partial charge in [-0.05, 0) is 87.3 Å². The van der Waals surface area contributed by atoms with Crippen LogP contribution in [0.25, 0.3) is 5.69 Å². The number of nitrogens with zero attached hydrogens (tertiary/aromatic N) is 3. The monoisotopic (exact) mass is 476 g/mol. The van der Waals surface area contributed by atoms with Crippen LogP contribution < -0.4 is 5.32 Å². The van der Waals surface area contributed by atoms with Crippen molar-refractivity contribution in [1.29, 1.82) is 0 Å². The first-order valence-corrected chi connectivity index (χ1v) is 12.0. The summed E-state index contributed by atoms with van der Waals surface area (Å²) in [5.74, 6) is -0.205. The molecule has 7 heteroatoms. The van der Waals surface area contributed by atoms with Crippen LogP contribution in [0.3, 0.4) is 0 Å². The van der Waals surface area contributed by atoms with E-state index in [2.05, 4.69) is 71.7 Å². The van der Waals surface area contributed by atoms with Crippen molar-refractivity contribution in [2.45, 2.75) is 52.6 Å². The quantitative estimate of drug-likeness (QED) is 0.381. The molecule has 0 saturated carbocycles. The van der Waals surface area contributed by atoms with E-state index >= 15 is 0 Å². The molecular formula is C27H32N4O2S. The Bertz CT molecular complexity index is 1200. The van der Waals surface area contributed by atoms with Gasteiger partial charge in [0.25, 0.3) is 0 Å². The molecule has 0 unspecified atom stereocenters. The normalized spacial score (nSPS) is 17.7. The Morgan fingerprint density at radius 2 is 1.94 bits per heavy atom. The smallest absolute Gasteiger partial charge is 0.305 e. The topological polar surface area (TPSA) is 59.4 Å². The lowest BCUT2D eigenvalue weighted by Gasteiger charge is -2.28. The van der Waals surface area contributed by atoms with E-state index in [1.54, 1.807) is 0 Å². The fraction of sp³-hybridized carbons (Fsp3) is 0.370. The first-order valence-electron chi connectivity index (χ1n) is 11.6. The minimum absolute atomic E-state index is 0.0369. The van der Waals surface area contributed by atoms with Gasteiger partial charge >= 0.3 is 5.97 Å². The molecule has 2 atom stereocenters. The molecule has 0 radical (unpaired) electrons. The molecule has 3 heterocycles. The third kappa shape index (κ3) is 4.44. The SMILES string of the molecule is COC(=O)CCCN1C(=S)N[C@@H](c2ccccn2)[C@H]1c1cc(C)n(-c2cccc(C)c2C)c1C. The van der Waals surface area contributed by atoms with E-state index in [0.717, 1.165) is 5.69 Å². The van der Waals surface area contributed by atoms with E-state index in [9.17, 15) is 4.79 Å². The molecule has 2 aromatic heterocycles. The summed E-state index contributed by atoms with van der Waals surface area (Å²) in [6, 6.07) is 14.5. The average molecular weight is 477 g/mol. The van der Waals surface area contributed by atoms with Crippen LogP contribution in [0, 0.1) is 27.7 Å². The minimum Gasteiger partial charge on any atom is -0.469 e. The van der Waals surface area contributed by atoms with E-state index in [1.165, 1.54) is 40.9 Å². The number of aryl methyl sites for hydroxylation is 2. The predicted molar refractivity (Wildman–Crippen MR) is 138 cm³/mol. The Balaban J connectivity index is 1.78. The summed E-state index contributed by atoms with van der Waals surface area (Å²) >= 11 is 5.78. The summed E-state index contributed by atoms with van der Waals surface area (Å²) < 4.78 is 7.17. The number of rotatable bonds is 7. The maximum atomic E-state index is 11.7. The molecule has 6 nitrogen and oxygen atoms in total. The van der Waals surface area contributed by atoms with Crippen LogP contribution in [0.15, 0.2) is 48.7 Å². The lowest BCUT2D eigenvalue weighted by Crippen LogP contribution is -2.31. The molecule has 1 fully saturated rings. The van der Waals surface area contributed by atoms with Crippen molar-refractivity contribution < 1.29 is 9.53 Å². The van der Waals surface area contributed by atoms with Gasteiger partial charge in [-0.25, -0.2) is 0 Å². The average Bonchev–Trinajstić information content (AvgIpc) is 3.31. The third-order valence-corrected chi connectivity index (χ3v) is 7.16. The summed E-state index contributed by atoms with van der Waals surface area (Å²) in [6.07, 6.45) is 2.84. The second-order valence-electron chi connectivity index (χ2n) is 8.88. The van der Waals surface area contributed by atoms with Crippen molar-refractivity contribution >= 4 is 23.3 Å². The zero-order valence-electron chi connectivity index (χ0n) is 20.5. The highest BCUT2D eigenvalue weighted by Crippen LogP contribution is 2.41. The summed E-state index contributed by atoms with van der Waals surface area (Å²) in [5.41, 5.74) is 8.25. The summed E-state index contributed by atoms with van der Waals surface area (Å²) in [6.45, 7) is 9.30. The highest BCUT2D eigenvalue weighted by Gasteiger charge is 2.41. The van der Waals surface area contributed by atoms with Crippen LogP contribution in [0.5, 0.6) is 0 Å². The van der Waals surface area contributed by atoms with Crippen LogP contribution in [0.2, 0.25) is 0 Å². The fourth-order valence-electron chi connectivity index (χ4n) is 4.92. The van der Waals surface area contributed by atoms with Crippen LogP contribution in [-0.4, -0.2) is 39.2 Å². The lowest BCUT2D eigenvalue weighted by atomic mass is 9.96. The number of nitrogens with one attached hydrogen (secondary N) is 1. The molecule has 34 heavy (non-hydrogen) atoms. The van der Waals surface area contributed by atoms with Gasteiger partial charge in [0.2, 0.25) is 0 Å². The number of hydrogen-bond acceptors (Lipinski definition) is 4. The van der Waals surface area contributed by atoms with Gasteiger partial charge in [-0.2, -0.15) is 0 Å². The molecule has 0 bridgehead atoms. The van der Waals surface area contributed by atoms with Crippen molar-refractivity contribution in [3.63, 3.8) is 0 Å². The Labute approximate surface area is 207 Å². The third-order valence-electron chi connectivity index (χ3n) is 6.81. The van der Waals surface area contributed by atoms with Gasteiger partial charge < -0.3 is 19.5 Å². The number of carbonyl (C=O) groups excluding carboxylic acids is 1. The van der Waals surface area contributed by atoms with Crippen molar-refractivity contribution in [3.05, 3.63) is 82.4 Å². The molecule has 1 saturated heterocycles. The Hall–Kier alpha value is -3.19. The number of esters is 1. The van der Waals surface area contributed by atoms with Gasteiger partial charge in [0.1, 0.15) is 0 Å². The molecule has 4 rings (SSSR count). The van der Waals surface area contributed by atoms with Crippen molar-refractivity contribution in [3.8, 4) is 5.69 Å². The highest BCUT2D eigenvalue weighted by atomic mass is 32.1. The zero-order valence-corrected chi connectivity index (χ0v) is 21.3. The maximum absolute atomic E-state index is 11.7. The summed E-state index contributed by atoms with van der Waals surface area (Å²) in [5, 5.41) is 4.19. The maximum Gasteiger partial charge on any atom is 0.305 e. The largest absolute Gasteiger partial charge is 0.469 e. The van der Waals surface area contributed by atoms with Crippen molar-refractivity contribution in [2.24, 2.45) is 0 Å². The van der Waals surface area contributed by atoms with Gasteiger partial charge in [0, 0.05) is 36.2 Å². The first-order chi connectivity index (χ1) is 16.3.